The normalized spacial score (nSPS) is 43.5. The molecule has 1 aliphatic heterocycles. The summed E-state index contributed by atoms with van der Waals surface area (Å²) in [6, 6.07) is 0. The molecule has 2 rings (SSSR count). The highest BCUT2D eigenvalue weighted by molar-refractivity contribution is 6.46. The average Bonchev–Trinajstić information content (AvgIpc) is 2.55. The molecule has 2 atom stereocenters. The third kappa shape index (κ3) is 0.484. The topological polar surface area (TPSA) is 46.7 Å². The zero-order valence-electron chi connectivity index (χ0n) is 5.46. The molecule has 3 heteroatoms. The average molecular weight is 138 g/mol. The minimum atomic E-state index is -0.800. The van der Waals surface area contributed by atoms with E-state index in [2.05, 4.69) is 0 Å². The van der Waals surface area contributed by atoms with Gasteiger partial charge in [0.1, 0.15) is 6.10 Å². The monoisotopic (exact) mass is 138 g/mol. The van der Waals surface area contributed by atoms with Crippen molar-refractivity contribution in [2.75, 3.05) is 0 Å². The summed E-state index contributed by atoms with van der Waals surface area (Å²) >= 11 is 0. The van der Waals surface area contributed by atoms with Crippen LogP contribution >= 0.6 is 0 Å². The minimum Gasteiger partial charge on any atom is -0.353 e. The predicted octanol–water partition coefficient (Wildman–Crippen LogP) is -0.148. The van der Waals surface area contributed by atoms with Crippen LogP contribution in [0.2, 0.25) is 0 Å². The van der Waals surface area contributed by atoms with E-state index in [1.54, 1.807) is 13.0 Å². The Kier molecular flexibility index (Phi) is 0.796. The maximum Gasteiger partial charge on any atom is 0.237 e. The number of ether oxygens (including phenoxy) is 1. The fraction of sp³-hybridized carbons (Fsp3) is 0.429. The number of allylic oxidation sites excluding steroid dienone is 1. The van der Waals surface area contributed by atoms with Crippen molar-refractivity contribution in [3.8, 4) is 0 Å². The number of ketones is 2. The summed E-state index contributed by atoms with van der Waals surface area (Å²) in [5, 5.41) is 0. The SMILES string of the molecule is CC12OC1C=CC(=O)C2=O. The zero-order valence-corrected chi connectivity index (χ0v) is 5.46. The summed E-state index contributed by atoms with van der Waals surface area (Å²) in [6.07, 6.45) is 2.77. The van der Waals surface area contributed by atoms with Crippen LogP contribution in [0.3, 0.4) is 0 Å². The predicted molar refractivity (Wildman–Crippen MR) is 32.4 cm³/mol. The van der Waals surface area contributed by atoms with Crippen molar-refractivity contribution in [3.63, 3.8) is 0 Å². The van der Waals surface area contributed by atoms with Crippen LogP contribution in [0.1, 0.15) is 6.92 Å². The summed E-state index contributed by atoms with van der Waals surface area (Å²) < 4.78 is 4.99. The van der Waals surface area contributed by atoms with E-state index in [0.717, 1.165) is 0 Å². The Balaban J connectivity index is 2.43. The summed E-state index contributed by atoms with van der Waals surface area (Å²) in [5.74, 6) is -0.865. The molecule has 3 nitrogen and oxygen atoms in total. The second-order valence-electron chi connectivity index (χ2n) is 2.70. The number of hydrogen-bond acceptors (Lipinski definition) is 3. The molecule has 0 saturated carbocycles. The van der Waals surface area contributed by atoms with E-state index in [0.29, 0.717) is 0 Å². The van der Waals surface area contributed by atoms with Gasteiger partial charge in [0.25, 0.3) is 0 Å². The standard InChI is InChI=1S/C7H6O3/c1-7-5(10-7)3-2-4(8)6(7)9/h2-3,5H,1H3. The minimum absolute atomic E-state index is 0.141. The maximum absolute atomic E-state index is 11.0. The molecule has 0 bridgehead atoms. The van der Waals surface area contributed by atoms with Crippen molar-refractivity contribution in [2.45, 2.75) is 18.6 Å². The molecule has 2 unspecified atom stereocenters. The number of rotatable bonds is 0. The smallest absolute Gasteiger partial charge is 0.237 e. The van der Waals surface area contributed by atoms with Crippen LogP contribution in [-0.2, 0) is 14.3 Å². The van der Waals surface area contributed by atoms with Crippen LogP contribution in [0, 0.1) is 0 Å². The molecular formula is C7H6O3. The fourth-order valence-corrected chi connectivity index (χ4v) is 1.13. The third-order valence-electron chi connectivity index (χ3n) is 1.95. The van der Waals surface area contributed by atoms with Crippen LogP contribution in [-0.4, -0.2) is 23.3 Å². The van der Waals surface area contributed by atoms with Gasteiger partial charge in [0.2, 0.25) is 11.6 Å². The van der Waals surface area contributed by atoms with Gasteiger partial charge in [-0.05, 0) is 19.1 Å². The fourth-order valence-electron chi connectivity index (χ4n) is 1.13. The van der Waals surface area contributed by atoms with E-state index >= 15 is 0 Å². The molecule has 1 fully saturated rings. The maximum atomic E-state index is 11.0. The van der Waals surface area contributed by atoms with Crippen LogP contribution < -0.4 is 0 Å². The van der Waals surface area contributed by atoms with Crippen molar-refractivity contribution in [2.24, 2.45) is 0 Å². The third-order valence-corrected chi connectivity index (χ3v) is 1.95. The zero-order chi connectivity index (χ0) is 7.35. The van der Waals surface area contributed by atoms with Crippen molar-refractivity contribution < 1.29 is 14.3 Å². The molecular weight excluding hydrogens is 132 g/mol. The lowest BCUT2D eigenvalue weighted by Gasteiger charge is -2.02. The first-order chi connectivity index (χ1) is 4.64. The first-order valence-electron chi connectivity index (χ1n) is 3.09. The van der Waals surface area contributed by atoms with E-state index in [-0.39, 0.29) is 6.10 Å². The Bertz CT molecular complexity index is 254. The second-order valence-corrected chi connectivity index (χ2v) is 2.70. The lowest BCUT2D eigenvalue weighted by molar-refractivity contribution is -0.136. The van der Waals surface area contributed by atoms with Gasteiger partial charge in [-0.2, -0.15) is 0 Å². The summed E-state index contributed by atoms with van der Waals surface area (Å²) in [6.45, 7) is 1.64. The molecule has 1 aliphatic carbocycles. The molecule has 52 valence electrons. The number of fused-ring (bicyclic) bond motifs is 1. The van der Waals surface area contributed by atoms with Gasteiger partial charge in [0.15, 0.2) is 5.60 Å². The highest BCUT2D eigenvalue weighted by atomic mass is 16.6. The largest absolute Gasteiger partial charge is 0.353 e. The molecule has 0 aromatic rings. The molecule has 0 spiro atoms. The van der Waals surface area contributed by atoms with Crippen LogP contribution in [0.4, 0.5) is 0 Å². The Labute approximate surface area is 57.7 Å². The quantitative estimate of drug-likeness (QED) is 0.345. The Morgan fingerprint density at radius 1 is 1.60 bits per heavy atom. The van der Waals surface area contributed by atoms with E-state index in [4.69, 9.17) is 4.74 Å². The number of carbonyl (C=O) groups excluding carboxylic acids is 2. The lowest BCUT2D eigenvalue weighted by Crippen LogP contribution is -2.32. The van der Waals surface area contributed by atoms with E-state index in [9.17, 15) is 9.59 Å². The summed E-state index contributed by atoms with van der Waals surface area (Å²) in [7, 11) is 0. The lowest BCUT2D eigenvalue weighted by atomic mass is 9.94. The molecule has 0 N–H and O–H groups in total. The number of epoxide rings is 1. The van der Waals surface area contributed by atoms with Crippen LogP contribution in [0.5, 0.6) is 0 Å². The van der Waals surface area contributed by atoms with Crippen LogP contribution in [0.25, 0.3) is 0 Å². The van der Waals surface area contributed by atoms with Crippen molar-refractivity contribution >= 4 is 11.6 Å². The summed E-state index contributed by atoms with van der Waals surface area (Å²) in [4.78, 5) is 21.7. The van der Waals surface area contributed by atoms with Crippen LogP contribution in [0.15, 0.2) is 12.2 Å². The van der Waals surface area contributed by atoms with E-state index in [1.807, 2.05) is 0 Å². The Morgan fingerprint density at radius 3 is 2.90 bits per heavy atom. The number of hydrogen-bond donors (Lipinski definition) is 0. The van der Waals surface area contributed by atoms with Gasteiger partial charge < -0.3 is 4.74 Å². The highest BCUT2D eigenvalue weighted by Crippen LogP contribution is 2.40. The first-order valence-corrected chi connectivity index (χ1v) is 3.09. The van der Waals surface area contributed by atoms with Crippen molar-refractivity contribution in [3.05, 3.63) is 12.2 Å². The Morgan fingerprint density at radius 2 is 2.30 bits per heavy atom. The van der Waals surface area contributed by atoms with Crippen molar-refractivity contribution in [1.82, 2.24) is 0 Å². The summed E-state index contributed by atoms with van der Waals surface area (Å²) in [5.41, 5.74) is -0.800. The van der Waals surface area contributed by atoms with E-state index < -0.39 is 17.2 Å². The van der Waals surface area contributed by atoms with Gasteiger partial charge in [-0.3, -0.25) is 9.59 Å². The second kappa shape index (κ2) is 1.37. The van der Waals surface area contributed by atoms with E-state index in [1.165, 1.54) is 6.08 Å². The molecule has 10 heavy (non-hydrogen) atoms. The van der Waals surface area contributed by atoms with Gasteiger partial charge in [0, 0.05) is 0 Å². The number of Topliss-reactive ketones (excluding diaryl/α,β-unsaturated/α-hetero) is 1. The van der Waals surface area contributed by atoms with Gasteiger partial charge in [-0.25, -0.2) is 0 Å². The Hall–Kier alpha value is -0.960. The molecule has 1 heterocycles. The molecule has 0 aromatic heterocycles. The van der Waals surface area contributed by atoms with Gasteiger partial charge in [0.05, 0.1) is 0 Å². The molecule has 1 saturated heterocycles. The molecule has 0 aromatic carbocycles. The number of carbonyl (C=O) groups is 2. The molecule has 0 radical (unpaired) electrons. The van der Waals surface area contributed by atoms with Crippen molar-refractivity contribution in [1.29, 1.82) is 0 Å². The van der Waals surface area contributed by atoms with Gasteiger partial charge >= 0.3 is 0 Å². The van der Waals surface area contributed by atoms with Gasteiger partial charge in [-0.1, -0.05) is 0 Å². The molecule has 0 amide bonds. The molecule has 2 aliphatic rings. The first kappa shape index (κ1) is 5.80. The highest BCUT2D eigenvalue weighted by Gasteiger charge is 2.60. The van der Waals surface area contributed by atoms with Gasteiger partial charge in [-0.15, -0.1) is 0 Å².